The lowest BCUT2D eigenvalue weighted by molar-refractivity contribution is -0.132. The van der Waals surface area contributed by atoms with E-state index in [0.717, 1.165) is 24.4 Å². The Bertz CT molecular complexity index is 580. The van der Waals surface area contributed by atoms with Crippen molar-refractivity contribution in [3.05, 3.63) is 29.8 Å². The van der Waals surface area contributed by atoms with E-state index in [9.17, 15) is 9.59 Å². The van der Waals surface area contributed by atoms with Crippen LogP contribution in [0.4, 0.5) is 4.79 Å². The lowest BCUT2D eigenvalue weighted by Gasteiger charge is -2.36. The molecule has 0 atom stereocenters. The smallest absolute Gasteiger partial charge is 0.319 e. The van der Waals surface area contributed by atoms with Gasteiger partial charge in [-0.25, -0.2) is 4.79 Å². The predicted octanol–water partition coefficient (Wildman–Crippen LogP) is 0.953. The van der Waals surface area contributed by atoms with E-state index in [-0.39, 0.29) is 11.9 Å². The highest BCUT2D eigenvalue weighted by atomic mass is 16.5. The molecule has 1 fully saturated rings. The van der Waals surface area contributed by atoms with Crippen LogP contribution in [0.1, 0.15) is 5.56 Å². The molecule has 0 N–H and O–H groups in total. The molecule has 0 bridgehead atoms. The van der Waals surface area contributed by atoms with Gasteiger partial charge in [0, 0.05) is 53.9 Å². The van der Waals surface area contributed by atoms with Crippen LogP contribution in [0, 0.1) is 0 Å². The van der Waals surface area contributed by atoms with Gasteiger partial charge in [-0.05, 0) is 17.7 Å². The highest BCUT2D eigenvalue weighted by Gasteiger charge is 2.24. The van der Waals surface area contributed by atoms with Crippen molar-refractivity contribution >= 4 is 11.9 Å². The first-order chi connectivity index (χ1) is 11.9. The number of piperazine rings is 1. The Morgan fingerprint density at radius 3 is 2.16 bits per heavy atom. The molecule has 1 heterocycles. The number of carbonyl (C=O) groups excluding carboxylic acids is 2. The number of amides is 3. The minimum absolute atomic E-state index is 0.0302. The molecule has 0 aliphatic carbocycles. The van der Waals surface area contributed by atoms with E-state index in [1.54, 1.807) is 31.0 Å². The van der Waals surface area contributed by atoms with Crippen LogP contribution in [-0.4, -0.2) is 92.5 Å². The number of ether oxygens (including phenoxy) is 1. The summed E-state index contributed by atoms with van der Waals surface area (Å²) in [7, 11) is 6.97. The second-order valence-electron chi connectivity index (χ2n) is 6.54. The van der Waals surface area contributed by atoms with Gasteiger partial charge in [0.05, 0.1) is 13.7 Å². The molecule has 0 spiro atoms. The Morgan fingerprint density at radius 2 is 1.64 bits per heavy atom. The number of urea groups is 1. The molecule has 7 heteroatoms. The lowest BCUT2D eigenvalue weighted by atomic mass is 10.2. The highest BCUT2D eigenvalue weighted by Crippen LogP contribution is 2.13. The zero-order valence-corrected chi connectivity index (χ0v) is 15.6. The van der Waals surface area contributed by atoms with Gasteiger partial charge in [-0.3, -0.25) is 9.69 Å². The normalized spacial score (nSPS) is 15.0. The summed E-state index contributed by atoms with van der Waals surface area (Å²) in [5, 5.41) is 0. The SMILES string of the molecule is COc1ccc(CN(C)C(=O)CN2CCN(C(=O)N(C)C)CC2)cc1. The maximum Gasteiger partial charge on any atom is 0.319 e. The van der Waals surface area contributed by atoms with Crippen LogP contribution in [0.3, 0.4) is 0 Å². The average molecular weight is 348 g/mol. The fourth-order valence-electron chi connectivity index (χ4n) is 2.79. The van der Waals surface area contributed by atoms with E-state index in [0.29, 0.717) is 26.2 Å². The van der Waals surface area contributed by atoms with Gasteiger partial charge in [0.25, 0.3) is 0 Å². The molecule has 1 aromatic carbocycles. The summed E-state index contributed by atoms with van der Waals surface area (Å²) in [6.07, 6.45) is 0. The van der Waals surface area contributed by atoms with Gasteiger partial charge in [-0.1, -0.05) is 12.1 Å². The lowest BCUT2D eigenvalue weighted by Crippen LogP contribution is -2.53. The molecule has 3 amide bonds. The van der Waals surface area contributed by atoms with Gasteiger partial charge in [-0.2, -0.15) is 0 Å². The molecule has 25 heavy (non-hydrogen) atoms. The third-order valence-electron chi connectivity index (χ3n) is 4.39. The number of hydrogen-bond donors (Lipinski definition) is 0. The summed E-state index contributed by atoms with van der Waals surface area (Å²) >= 11 is 0. The van der Waals surface area contributed by atoms with E-state index in [1.807, 2.05) is 36.2 Å². The highest BCUT2D eigenvalue weighted by molar-refractivity contribution is 5.78. The van der Waals surface area contributed by atoms with Crippen LogP contribution in [0.25, 0.3) is 0 Å². The summed E-state index contributed by atoms with van der Waals surface area (Å²) in [4.78, 5) is 31.6. The van der Waals surface area contributed by atoms with E-state index in [4.69, 9.17) is 4.74 Å². The van der Waals surface area contributed by atoms with Crippen molar-refractivity contribution in [2.24, 2.45) is 0 Å². The Hall–Kier alpha value is -2.28. The molecule has 0 radical (unpaired) electrons. The Kier molecular flexibility index (Phi) is 6.64. The van der Waals surface area contributed by atoms with E-state index >= 15 is 0 Å². The molecular formula is C18H28N4O3. The van der Waals surface area contributed by atoms with Crippen molar-refractivity contribution in [3.63, 3.8) is 0 Å². The Labute approximate surface area is 149 Å². The zero-order chi connectivity index (χ0) is 18.4. The molecule has 0 unspecified atom stereocenters. The first kappa shape index (κ1) is 19.1. The fourth-order valence-corrected chi connectivity index (χ4v) is 2.79. The topological polar surface area (TPSA) is 56.3 Å². The number of methoxy groups -OCH3 is 1. The molecule has 1 aliphatic heterocycles. The maximum absolute atomic E-state index is 12.4. The Morgan fingerprint density at radius 1 is 1.04 bits per heavy atom. The van der Waals surface area contributed by atoms with Gasteiger partial charge in [0.15, 0.2) is 0 Å². The summed E-state index contributed by atoms with van der Waals surface area (Å²) < 4.78 is 5.14. The van der Waals surface area contributed by atoms with Crippen LogP contribution in [0.2, 0.25) is 0 Å². The van der Waals surface area contributed by atoms with E-state index < -0.39 is 0 Å². The molecule has 1 aliphatic rings. The van der Waals surface area contributed by atoms with Gasteiger partial charge in [0.2, 0.25) is 5.91 Å². The number of hydrogen-bond acceptors (Lipinski definition) is 4. The predicted molar refractivity (Wildman–Crippen MR) is 96.6 cm³/mol. The first-order valence-corrected chi connectivity index (χ1v) is 8.46. The molecule has 0 aromatic heterocycles. The largest absolute Gasteiger partial charge is 0.497 e. The average Bonchev–Trinajstić information content (AvgIpc) is 2.62. The maximum atomic E-state index is 12.4. The van der Waals surface area contributed by atoms with Crippen molar-refractivity contribution in [1.29, 1.82) is 0 Å². The summed E-state index contributed by atoms with van der Waals surface area (Å²) in [6, 6.07) is 7.76. The molecule has 0 saturated carbocycles. The van der Waals surface area contributed by atoms with Crippen LogP contribution in [-0.2, 0) is 11.3 Å². The third kappa shape index (κ3) is 5.35. The Balaban J connectivity index is 1.78. The second-order valence-corrected chi connectivity index (χ2v) is 6.54. The van der Waals surface area contributed by atoms with Crippen LogP contribution in [0.5, 0.6) is 5.75 Å². The minimum atomic E-state index is 0.0302. The minimum Gasteiger partial charge on any atom is -0.497 e. The van der Waals surface area contributed by atoms with Crippen LogP contribution in [0.15, 0.2) is 24.3 Å². The van der Waals surface area contributed by atoms with E-state index in [2.05, 4.69) is 4.90 Å². The summed E-state index contributed by atoms with van der Waals surface area (Å²) in [5.74, 6) is 0.895. The van der Waals surface area contributed by atoms with Gasteiger partial charge >= 0.3 is 6.03 Å². The van der Waals surface area contributed by atoms with Crippen molar-refractivity contribution in [2.75, 3.05) is 61.0 Å². The van der Waals surface area contributed by atoms with Crippen molar-refractivity contribution < 1.29 is 14.3 Å². The van der Waals surface area contributed by atoms with Crippen LogP contribution >= 0.6 is 0 Å². The van der Waals surface area contributed by atoms with Gasteiger partial charge < -0.3 is 19.4 Å². The standard InChI is InChI=1S/C18H28N4O3/c1-19(2)18(24)22-11-9-21(10-12-22)14-17(23)20(3)13-15-5-7-16(25-4)8-6-15/h5-8H,9-14H2,1-4H3. The van der Waals surface area contributed by atoms with Crippen molar-refractivity contribution in [3.8, 4) is 5.75 Å². The molecule has 138 valence electrons. The van der Waals surface area contributed by atoms with Gasteiger partial charge in [0.1, 0.15) is 5.75 Å². The van der Waals surface area contributed by atoms with Gasteiger partial charge in [-0.15, -0.1) is 0 Å². The monoisotopic (exact) mass is 348 g/mol. The van der Waals surface area contributed by atoms with Crippen molar-refractivity contribution in [1.82, 2.24) is 19.6 Å². The zero-order valence-electron chi connectivity index (χ0n) is 15.6. The van der Waals surface area contributed by atoms with Crippen molar-refractivity contribution in [2.45, 2.75) is 6.54 Å². The molecular weight excluding hydrogens is 320 g/mol. The molecule has 7 nitrogen and oxygen atoms in total. The number of rotatable bonds is 5. The van der Waals surface area contributed by atoms with Crippen LogP contribution < -0.4 is 4.74 Å². The summed E-state index contributed by atoms with van der Waals surface area (Å²) in [6.45, 7) is 3.72. The third-order valence-corrected chi connectivity index (χ3v) is 4.39. The molecule has 2 rings (SSSR count). The number of carbonyl (C=O) groups is 2. The molecule has 1 aromatic rings. The number of benzene rings is 1. The molecule has 1 saturated heterocycles. The quantitative estimate of drug-likeness (QED) is 0.795. The summed E-state index contributed by atoms with van der Waals surface area (Å²) in [5.41, 5.74) is 1.07. The fraction of sp³-hybridized carbons (Fsp3) is 0.556. The number of likely N-dealkylation sites (N-methyl/N-ethyl adjacent to an activating group) is 1. The second kappa shape index (κ2) is 8.71. The first-order valence-electron chi connectivity index (χ1n) is 8.46. The number of nitrogens with zero attached hydrogens (tertiary/aromatic N) is 4. The van der Waals surface area contributed by atoms with E-state index in [1.165, 1.54) is 0 Å².